The monoisotopic (exact) mass is 387 g/mol. The molecule has 4 nitrogen and oxygen atoms in total. The maximum atomic E-state index is 12.1. The lowest BCUT2D eigenvalue weighted by Crippen LogP contribution is -2.29. The molecule has 0 saturated carbocycles. The second kappa shape index (κ2) is 8.31. The molecule has 1 fully saturated rings. The van der Waals surface area contributed by atoms with Crippen LogP contribution in [0.2, 0.25) is 0 Å². The summed E-state index contributed by atoms with van der Waals surface area (Å²) in [5.74, 6) is 0.0665. The number of carbonyl (C=O) groups excluding carboxylic acids is 1. The smallest absolute Gasteiger partial charge is 0.225 e. The van der Waals surface area contributed by atoms with Crippen LogP contribution < -0.4 is 10.6 Å². The molecule has 24 heavy (non-hydrogen) atoms. The van der Waals surface area contributed by atoms with Gasteiger partial charge < -0.3 is 15.5 Å². The second-order valence-corrected chi connectivity index (χ2v) is 7.02. The average molecular weight is 388 g/mol. The number of anilines is 2. The van der Waals surface area contributed by atoms with Crippen LogP contribution in [0, 0.1) is 0 Å². The van der Waals surface area contributed by atoms with E-state index in [0.29, 0.717) is 12.5 Å². The molecule has 2 N–H and O–H groups in total. The second-order valence-electron chi connectivity index (χ2n) is 6.10. The van der Waals surface area contributed by atoms with Crippen LogP contribution in [0.3, 0.4) is 0 Å². The predicted octanol–water partition coefficient (Wildman–Crippen LogP) is 3.96. The third-order valence-electron chi connectivity index (χ3n) is 4.20. The van der Waals surface area contributed by atoms with Crippen molar-refractivity contribution in [3.05, 3.63) is 59.1 Å². The van der Waals surface area contributed by atoms with Crippen LogP contribution in [0.15, 0.2) is 59.1 Å². The Kier molecular flexibility index (Phi) is 5.88. The average Bonchev–Trinajstić information content (AvgIpc) is 3.03. The molecular formula is C19H22BrN3O. The highest BCUT2D eigenvalue weighted by Gasteiger charge is 2.22. The maximum absolute atomic E-state index is 12.1. The highest BCUT2D eigenvalue weighted by molar-refractivity contribution is 9.10. The van der Waals surface area contributed by atoms with Gasteiger partial charge in [-0.2, -0.15) is 0 Å². The van der Waals surface area contributed by atoms with Gasteiger partial charge in [-0.15, -0.1) is 0 Å². The van der Waals surface area contributed by atoms with E-state index in [1.807, 2.05) is 42.5 Å². The predicted molar refractivity (Wildman–Crippen MR) is 102 cm³/mol. The number of para-hydroxylation sites is 1. The summed E-state index contributed by atoms with van der Waals surface area (Å²) in [5, 5.41) is 6.50. The summed E-state index contributed by atoms with van der Waals surface area (Å²) < 4.78 is 1.01. The number of hydrogen-bond donors (Lipinski definition) is 2. The van der Waals surface area contributed by atoms with Gasteiger partial charge in [0.15, 0.2) is 0 Å². The third-order valence-corrected chi connectivity index (χ3v) is 4.73. The number of benzene rings is 2. The normalized spacial score (nSPS) is 17.6. The Morgan fingerprint density at radius 3 is 2.58 bits per heavy atom. The highest BCUT2D eigenvalue weighted by atomic mass is 79.9. The van der Waals surface area contributed by atoms with E-state index in [1.54, 1.807) is 0 Å². The van der Waals surface area contributed by atoms with Crippen LogP contribution in [-0.4, -0.2) is 36.5 Å². The van der Waals surface area contributed by atoms with E-state index < -0.39 is 0 Å². The molecule has 126 valence electrons. The Morgan fingerprint density at radius 2 is 1.83 bits per heavy atom. The molecule has 1 unspecified atom stereocenters. The van der Waals surface area contributed by atoms with Crippen molar-refractivity contribution in [1.29, 1.82) is 0 Å². The van der Waals surface area contributed by atoms with Gasteiger partial charge >= 0.3 is 0 Å². The zero-order valence-corrected chi connectivity index (χ0v) is 15.1. The quantitative estimate of drug-likeness (QED) is 0.787. The van der Waals surface area contributed by atoms with Crippen LogP contribution in [-0.2, 0) is 4.79 Å². The minimum Gasteiger partial charge on any atom is -0.381 e. The molecule has 1 saturated heterocycles. The molecule has 0 aromatic heterocycles. The van der Waals surface area contributed by atoms with Crippen LogP contribution in [0.1, 0.15) is 12.8 Å². The van der Waals surface area contributed by atoms with Gasteiger partial charge in [0.1, 0.15) is 0 Å². The molecule has 2 aromatic rings. The summed E-state index contributed by atoms with van der Waals surface area (Å²) in [6.45, 7) is 2.83. The van der Waals surface area contributed by atoms with Crippen LogP contribution in [0.25, 0.3) is 0 Å². The SMILES string of the molecule is O=C(CCN1CCC(Nc2ccccc2)C1)Nc1ccc(Br)cc1. The Hall–Kier alpha value is -1.85. The first kappa shape index (κ1) is 17.0. The van der Waals surface area contributed by atoms with E-state index in [4.69, 9.17) is 0 Å². The van der Waals surface area contributed by atoms with E-state index in [-0.39, 0.29) is 5.91 Å². The van der Waals surface area contributed by atoms with Gasteiger partial charge in [-0.05, 0) is 42.8 Å². The molecule has 1 aliphatic heterocycles. The molecule has 0 spiro atoms. The Morgan fingerprint density at radius 1 is 1.08 bits per heavy atom. The van der Waals surface area contributed by atoms with Crippen molar-refractivity contribution in [1.82, 2.24) is 4.90 Å². The van der Waals surface area contributed by atoms with Gasteiger partial charge in [0.25, 0.3) is 0 Å². The van der Waals surface area contributed by atoms with Crippen molar-refractivity contribution in [2.45, 2.75) is 18.9 Å². The van der Waals surface area contributed by atoms with Crippen molar-refractivity contribution < 1.29 is 4.79 Å². The van der Waals surface area contributed by atoms with Crippen molar-refractivity contribution in [3.63, 3.8) is 0 Å². The first-order valence-electron chi connectivity index (χ1n) is 8.28. The number of hydrogen-bond acceptors (Lipinski definition) is 3. The van der Waals surface area contributed by atoms with E-state index >= 15 is 0 Å². The minimum absolute atomic E-state index is 0.0665. The maximum Gasteiger partial charge on any atom is 0.225 e. The van der Waals surface area contributed by atoms with Gasteiger partial charge in [-0.25, -0.2) is 0 Å². The first-order valence-corrected chi connectivity index (χ1v) is 9.08. The largest absolute Gasteiger partial charge is 0.381 e. The van der Waals surface area contributed by atoms with Gasteiger partial charge in [0, 0.05) is 47.9 Å². The number of halogens is 1. The molecule has 1 heterocycles. The summed E-state index contributed by atoms with van der Waals surface area (Å²) in [4.78, 5) is 14.4. The van der Waals surface area contributed by atoms with Crippen LogP contribution >= 0.6 is 15.9 Å². The number of amides is 1. The van der Waals surface area contributed by atoms with Crippen LogP contribution in [0.5, 0.6) is 0 Å². The molecule has 0 aliphatic carbocycles. The van der Waals surface area contributed by atoms with E-state index in [9.17, 15) is 4.79 Å². The number of rotatable bonds is 6. The number of nitrogens with one attached hydrogen (secondary N) is 2. The van der Waals surface area contributed by atoms with Crippen molar-refractivity contribution in [2.75, 3.05) is 30.3 Å². The van der Waals surface area contributed by atoms with Crippen molar-refractivity contribution in [2.24, 2.45) is 0 Å². The summed E-state index contributed by atoms with van der Waals surface area (Å²) >= 11 is 3.39. The lowest BCUT2D eigenvalue weighted by molar-refractivity contribution is -0.116. The fraction of sp³-hybridized carbons (Fsp3) is 0.316. The molecule has 0 radical (unpaired) electrons. The molecule has 3 rings (SSSR count). The summed E-state index contributed by atoms with van der Waals surface area (Å²) in [5.41, 5.74) is 2.01. The number of nitrogens with zero attached hydrogens (tertiary/aromatic N) is 1. The number of carbonyl (C=O) groups is 1. The molecule has 1 aliphatic rings. The number of likely N-dealkylation sites (tertiary alicyclic amines) is 1. The summed E-state index contributed by atoms with van der Waals surface area (Å²) in [6.07, 6.45) is 1.64. The summed E-state index contributed by atoms with van der Waals surface area (Å²) in [6, 6.07) is 18.4. The standard InChI is InChI=1S/C19H22BrN3O/c20-15-6-8-17(9-7-15)22-19(24)11-13-23-12-10-18(14-23)21-16-4-2-1-3-5-16/h1-9,18,21H,10-14H2,(H,22,24). The van der Waals surface area contributed by atoms with Gasteiger partial charge in [-0.3, -0.25) is 4.79 Å². The zero-order valence-electron chi connectivity index (χ0n) is 13.5. The van der Waals surface area contributed by atoms with Gasteiger partial charge in [0.05, 0.1) is 0 Å². The molecule has 0 bridgehead atoms. The summed E-state index contributed by atoms with van der Waals surface area (Å²) in [7, 11) is 0. The molecule has 1 amide bonds. The van der Waals surface area contributed by atoms with E-state index in [0.717, 1.165) is 41.9 Å². The molecular weight excluding hydrogens is 366 g/mol. The van der Waals surface area contributed by atoms with Gasteiger partial charge in [0.2, 0.25) is 5.91 Å². The zero-order chi connectivity index (χ0) is 16.8. The Bertz CT molecular complexity index is 660. The highest BCUT2D eigenvalue weighted by Crippen LogP contribution is 2.17. The topological polar surface area (TPSA) is 44.4 Å². The van der Waals surface area contributed by atoms with Gasteiger partial charge in [-0.1, -0.05) is 34.1 Å². The van der Waals surface area contributed by atoms with E-state index in [1.165, 1.54) is 0 Å². The van der Waals surface area contributed by atoms with Crippen molar-refractivity contribution >= 4 is 33.2 Å². The van der Waals surface area contributed by atoms with Crippen LogP contribution in [0.4, 0.5) is 11.4 Å². The lowest BCUT2D eigenvalue weighted by atomic mass is 10.2. The molecule has 2 aromatic carbocycles. The van der Waals surface area contributed by atoms with Crippen molar-refractivity contribution in [3.8, 4) is 0 Å². The lowest BCUT2D eigenvalue weighted by Gasteiger charge is -2.17. The molecule has 1 atom stereocenters. The minimum atomic E-state index is 0.0665. The fourth-order valence-electron chi connectivity index (χ4n) is 2.94. The Balaban J connectivity index is 1.39. The third kappa shape index (κ3) is 5.08. The fourth-order valence-corrected chi connectivity index (χ4v) is 3.20. The Labute approximate surface area is 151 Å². The first-order chi connectivity index (χ1) is 11.7. The van der Waals surface area contributed by atoms with E-state index in [2.05, 4.69) is 43.6 Å². The molecule has 5 heteroatoms.